The Morgan fingerprint density at radius 3 is 2.70 bits per heavy atom. The normalized spacial score (nSPS) is 13.1. The number of aromatic carboxylic acids is 1. The van der Waals surface area contributed by atoms with Crippen LogP contribution in [0.25, 0.3) is 11.4 Å². The molecule has 1 aliphatic rings. The van der Waals surface area contributed by atoms with Crippen LogP contribution >= 0.6 is 0 Å². The first kappa shape index (κ1) is 13.4. The van der Waals surface area contributed by atoms with Gasteiger partial charge in [-0.2, -0.15) is 5.10 Å². The van der Waals surface area contributed by atoms with Crippen molar-refractivity contribution in [3.8, 4) is 11.4 Å². The number of hydrogen-bond donors (Lipinski definition) is 2. The van der Waals surface area contributed by atoms with Gasteiger partial charge in [-0.1, -0.05) is 0 Å². The van der Waals surface area contributed by atoms with E-state index in [1.165, 1.54) is 12.3 Å². The van der Waals surface area contributed by atoms with Crippen molar-refractivity contribution < 1.29 is 9.90 Å². The van der Waals surface area contributed by atoms with Crippen molar-refractivity contribution in [3.63, 3.8) is 0 Å². The summed E-state index contributed by atoms with van der Waals surface area (Å²) in [7, 11) is 0. The van der Waals surface area contributed by atoms with E-state index in [-0.39, 0.29) is 5.56 Å². The number of carbonyl (C=O) groups is 1. The van der Waals surface area contributed by atoms with Crippen molar-refractivity contribution in [3.05, 3.63) is 53.6 Å². The van der Waals surface area contributed by atoms with Crippen LogP contribution in [0.4, 0.5) is 5.95 Å². The number of aromatic amines is 1. The summed E-state index contributed by atoms with van der Waals surface area (Å²) in [5.41, 5.74) is 3.56. The maximum Gasteiger partial charge on any atom is 0.337 e. The lowest BCUT2D eigenvalue weighted by molar-refractivity contribution is 0.0696. The fraction of sp³-hybridized carbons (Fsp3) is 0.133. The van der Waals surface area contributed by atoms with E-state index < -0.39 is 5.97 Å². The number of H-pyrrole nitrogens is 1. The lowest BCUT2D eigenvalue weighted by atomic mass is 10.1. The second-order valence-corrected chi connectivity index (χ2v) is 5.17. The number of nitrogens with one attached hydrogen (secondary N) is 1. The SMILES string of the molecule is O=C(O)c1ccc(-c2n[nH]c3c2CN(c2ncccn2)C3)nc1. The number of anilines is 1. The largest absolute Gasteiger partial charge is 0.478 e. The number of hydrogen-bond acceptors (Lipinski definition) is 6. The zero-order valence-electron chi connectivity index (χ0n) is 12.0. The molecule has 1 aliphatic heterocycles. The number of rotatable bonds is 3. The molecule has 8 nitrogen and oxygen atoms in total. The monoisotopic (exact) mass is 308 g/mol. The molecular weight excluding hydrogens is 296 g/mol. The summed E-state index contributed by atoms with van der Waals surface area (Å²) in [6.45, 7) is 1.28. The fourth-order valence-corrected chi connectivity index (χ4v) is 2.61. The molecule has 0 atom stereocenters. The summed E-state index contributed by atoms with van der Waals surface area (Å²) in [4.78, 5) is 25.7. The molecule has 0 unspecified atom stereocenters. The van der Waals surface area contributed by atoms with Gasteiger partial charge < -0.3 is 10.0 Å². The molecule has 0 saturated heterocycles. The van der Waals surface area contributed by atoms with Crippen LogP contribution in [0.15, 0.2) is 36.8 Å². The average molecular weight is 308 g/mol. The summed E-state index contributed by atoms with van der Waals surface area (Å²) in [5.74, 6) is -0.332. The van der Waals surface area contributed by atoms with Gasteiger partial charge in [0.05, 0.1) is 30.0 Å². The Hall–Kier alpha value is -3.29. The molecule has 0 bridgehead atoms. The summed E-state index contributed by atoms with van der Waals surface area (Å²) in [5, 5.41) is 16.3. The Balaban J connectivity index is 1.64. The highest BCUT2D eigenvalue weighted by Gasteiger charge is 2.27. The Morgan fingerprint density at radius 2 is 2.00 bits per heavy atom. The van der Waals surface area contributed by atoms with Gasteiger partial charge in [0.1, 0.15) is 5.69 Å². The number of pyridine rings is 1. The van der Waals surface area contributed by atoms with Crippen LogP contribution in [0.5, 0.6) is 0 Å². The topological polar surface area (TPSA) is 108 Å². The van der Waals surface area contributed by atoms with E-state index in [4.69, 9.17) is 5.11 Å². The first-order chi connectivity index (χ1) is 11.2. The van der Waals surface area contributed by atoms with Crippen molar-refractivity contribution in [2.24, 2.45) is 0 Å². The van der Waals surface area contributed by atoms with Crippen LogP contribution in [0.1, 0.15) is 21.6 Å². The number of fused-ring (bicyclic) bond motifs is 1. The number of aromatic nitrogens is 5. The van der Waals surface area contributed by atoms with Gasteiger partial charge in [-0.3, -0.25) is 10.1 Å². The minimum absolute atomic E-state index is 0.153. The van der Waals surface area contributed by atoms with Crippen molar-refractivity contribution in [1.82, 2.24) is 25.1 Å². The molecule has 0 radical (unpaired) electrons. The van der Waals surface area contributed by atoms with E-state index in [2.05, 4.69) is 25.1 Å². The van der Waals surface area contributed by atoms with Gasteiger partial charge in [0.15, 0.2) is 0 Å². The standard InChI is InChI=1S/C15H12N6O2/c22-14(23)9-2-3-11(18-6-9)13-10-7-21(8-12(10)19-20-13)15-16-4-1-5-17-15/h1-6H,7-8H2,(H,19,20)(H,22,23). The van der Waals surface area contributed by atoms with Gasteiger partial charge in [-0.05, 0) is 18.2 Å². The van der Waals surface area contributed by atoms with Gasteiger partial charge in [0, 0.05) is 24.2 Å². The highest BCUT2D eigenvalue weighted by atomic mass is 16.4. The lowest BCUT2D eigenvalue weighted by Gasteiger charge is -2.14. The van der Waals surface area contributed by atoms with E-state index >= 15 is 0 Å². The van der Waals surface area contributed by atoms with Gasteiger partial charge in [-0.25, -0.2) is 14.8 Å². The smallest absolute Gasteiger partial charge is 0.337 e. The highest BCUT2D eigenvalue weighted by molar-refractivity contribution is 5.87. The third-order valence-electron chi connectivity index (χ3n) is 3.74. The summed E-state index contributed by atoms with van der Waals surface area (Å²) in [6.07, 6.45) is 4.76. The number of carboxylic acid groups (broad SMARTS) is 1. The molecule has 114 valence electrons. The predicted octanol–water partition coefficient (Wildman–Crippen LogP) is 1.48. The van der Waals surface area contributed by atoms with Crippen molar-refractivity contribution in [2.75, 3.05) is 4.90 Å². The molecule has 2 N–H and O–H groups in total. The zero-order chi connectivity index (χ0) is 15.8. The molecule has 0 amide bonds. The predicted molar refractivity (Wildman–Crippen MR) is 80.7 cm³/mol. The Labute approximate surface area is 130 Å². The first-order valence-corrected chi connectivity index (χ1v) is 7.00. The zero-order valence-corrected chi connectivity index (χ0v) is 12.0. The van der Waals surface area contributed by atoms with E-state index in [0.29, 0.717) is 24.7 Å². The van der Waals surface area contributed by atoms with Crippen LogP contribution < -0.4 is 4.90 Å². The Kier molecular flexibility index (Phi) is 3.00. The molecule has 0 fully saturated rings. The van der Waals surface area contributed by atoms with E-state index in [9.17, 15) is 4.79 Å². The molecule has 4 rings (SSSR count). The summed E-state index contributed by atoms with van der Waals surface area (Å²) < 4.78 is 0. The fourth-order valence-electron chi connectivity index (χ4n) is 2.61. The van der Waals surface area contributed by atoms with Gasteiger partial charge in [0.2, 0.25) is 5.95 Å². The molecule has 0 saturated carbocycles. The summed E-state index contributed by atoms with van der Waals surface area (Å²) in [6, 6.07) is 4.97. The van der Waals surface area contributed by atoms with E-state index in [1.807, 2.05) is 4.90 Å². The van der Waals surface area contributed by atoms with E-state index in [1.54, 1.807) is 24.5 Å². The Bertz CT molecular complexity index is 859. The van der Waals surface area contributed by atoms with Gasteiger partial charge >= 0.3 is 5.97 Å². The molecule has 23 heavy (non-hydrogen) atoms. The van der Waals surface area contributed by atoms with Crippen LogP contribution in [-0.2, 0) is 13.1 Å². The van der Waals surface area contributed by atoms with Gasteiger partial charge in [-0.15, -0.1) is 0 Å². The van der Waals surface area contributed by atoms with Crippen molar-refractivity contribution >= 4 is 11.9 Å². The highest BCUT2D eigenvalue weighted by Crippen LogP contribution is 2.31. The van der Waals surface area contributed by atoms with Crippen molar-refractivity contribution in [2.45, 2.75) is 13.1 Å². The first-order valence-electron chi connectivity index (χ1n) is 7.00. The van der Waals surface area contributed by atoms with Crippen molar-refractivity contribution in [1.29, 1.82) is 0 Å². The minimum Gasteiger partial charge on any atom is -0.478 e. The quantitative estimate of drug-likeness (QED) is 0.754. The molecule has 0 spiro atoms. The van der Waals surface area contributed by atoms with Crippen LogP contribution in [0.2, 0.25) is 0 Å². The third kappa shape index (κ3) is 2.30. The Morgan fingerprint density at radius 1 is 1.17 bits per heavy atom. The molecule has 0 aromatic carbocycles. The number of nitrogens with zero attached hydrogens (tertiary/aromatic N) is 5. The molecule has 4 heterocycles. The maximum absolute atomic E-state index is 10.9. The van der Waals surface area contributed by atoms with Crippen LogP contribution in [-0.4, -0.2) is 36.2 Å². The molecule has 0 aliphatic carbocycles. The maximum atomic E-state index is 10.9. The van der Waals surface area contributed by atoms with Gasteiger partial charge in [0.25, 0.3) is 0 Å². The third-order valence-corrected chi connectivity index (χ3v) is 3.74. The molecule has 3 aromatic rings. The molecular formula is C15H12N6O2. The average Bonchev–Trinajstić information content (AvgIpc) is 3.16. The van der Waals surface area contributed by atoms with Crippen LogP contribution in [0.3, 0.4) is 0 Å². The number of carboxylic acids is 1. The van der Waals surface area contributed by atoms with Crippen LogP contribution in [0, 0.1) is 0 Å². The summed E-state index contributed by atoms with van der Waals surface area (Å²) >= 11 is 0. The second-order valence-electron chi connectivity index (χ2n) is 5.17. The lowest BCUT2D eigenvalue weighted by Crippen LogP contribution is -2.18. The van der Waals surface area contributed by atoms with E-state index in [0.717, 1.165) is 17.0 Å². The molecule has 8 heteroatoms. The second kappa shape index (κ2) is 5.16. The molecule has 3 aromatic heterocycles. The minimum atomic E-state index is -0.997.